The third-order valence-corrected chi connectivity index (χ3v) is 4.23. The molecule has 0 unspecified atom stereocenters. The number of hydrogen-bond acceptors (Lipinski definition) is 3. The Morgan fingerprint density at radius 1 is 1.20 bits per heavy atom. The predicted octanol–water partition coefficient (Wildman–Crippen LogP) is 3.17. The molecular formula is C13H12ClFN2O2S. The Kier molecular flexibility index (Phi) is 3.87. The lowest BCUT2D eigenvalue weighted by molar-refractivity contribution is 0.595. The van der Waals surface area contributed by atoms with Crippen molar-refractivity contribution < 1.29 is 12.8 Å². The van der Waals surface area contributed by atoms with Crippen LogP contribution in [-0.4, -0.2) is 8.42 Å². The molecule has 2 aromatic carbocycles. The van der Waals surface area contributed by atoms with E-state index >= 15 is 0 Å². The van der Waals surface area contributed by atoms with Gasteiger partial charge in [-0.1, -0.05) is 17.7 Å². The van der Waals surface area contributed by atoms with E-state index in [1.54, 1.807) is 19.1 Å². The summed E-state index contributed by atoms with van der Waals surface area (Å²) in [6.45, 7) is 1.73. The standard InChI is InChI=1S/C13H12ClFN2O2S/c1-8-2-3-9(14)4-13(8)17-20(18,19)12-6-10(15)5-11(16)7-12/h2-7,17H,16H2,1H3. The van der Waals surface area contributed by atoms with Crippen LogP contribution in [0.2, 0.25) is 5.02 Å². The molecule has 0 aliphatic carbocycles. The highest BCUT2D eigenvalue weighted by atomic mass is 35.5. The quantitative estimate of drug-likeness (QED) is 0.855. The van der Waals surface area contributed by atoms with Crippen molar-refractivity contribution >= 4 is 33.0 Å². The summed E-state index contributed by atoms with van der Waals surface area (Å²) in [6.07, 6.45) is 0. The Balaban J connectivity index is 2.43. The van der Waals surface area contributed by atoms with E-state index in [4.69, 9.17) is 17.3 Å². The molecule has 0 saturated carbocycles. The first kappa shape index (κ1) is 14.6. The van der Waals surface area contributed by atoms with Gasteiger partial charge < -0.3 is 5.73 Å². The molecule has 0 atom stereocenters. The van der Waals surface area contributed by atoms with E-state index in [9.17, 15) is 12.8 Å². The number of nitrogens with one attached hydrogen (secondary N) is 1. The third-order valence-electron chi connectivity index (χ3n) is 2.65. The number of rotatable bonds is 3. The summed E-state index contributed by atoms with van der Waals surface area (Å²) >= 11 is 5.83. The molecule has 0 amide bonds. The number of nitrogens with two attached hydrogens (primary N) is 1. The summed E-state index contributed by atoms with van der Waals surface area (Å²) in [6, 6.07) is 7.94. The van der Waals surface area contributed by atoms with E-state index in [2.05, 4.69) is 4.72 Å². The monoisotopic (exact) mass is 314 g/mol. The predicted molar refractivity (Wildman–Crippen MR) is 77.8 cm³/mol. The number of anilines is 2. The number of nitrogen functional groups attached to an aromatic ring is 1. The van der Waals surface area contributed by atoms with Crippen molar-refractivity contribution in [2.45, 2.75) is 11.8 Å². The van der Waals surface area contributed by atoms with E-state index in [-0.39, 0.29) is 10.6 Å². The molecule has 7 heteroatoms. The molecule has 2 aromatic rings. The summed E-state index contributed by atoms with van der Waals surface area (Å²) in [4.78, 5) is -0.241. The number of benzene rings is 2. The molecule has 0 aromatic heterocycles. The SMILES string of the molecule is Cc1ccc(Cl)cc1NS(=O)(=O)c1cc(N)cc(F)c1. The van der Waals surface area contributed by atoms with Crippen molar-refractivity contribution in [1.82, 2.24) is 0 Å². The molecular weight excluding hydrogens is 303 g/mol. The Hall–Kier alpha value is -1.79. The van der Waals surface area contributed by atoms with Crippen molar-refractivity contribution in [1.29, 1.82) is 0 Å². The van der Waals surface area contributed by atoms with Crippen molar-refractivity contribution in [3.63, 3.8) is 0 Å². The highest BCUT2D eigenvalue weighted by molar-refractivity contribution is 7.92. The Morgan fingerprint density at radius 2 is 1.90 bits per heavy atom. The lowest BCUT2D eigenvalue weighted by Gasteiger charge is -2.11. The molecule has 4 nitrogen and oxygen atoms in total. The van der Waals surface area contributed by atoms with Crippen molar-refractivity contribution in [2.75, 3.05) is 10.5 Å². The van der Waals surface area contributed by atoms with Gasteiger partial charge in [0.25, 0.3) is 10.0 Å². The van der Waals surface area contributed by atoms with Crippen LogP contribution in [0.5, 0.6) is 0 Å². The number of hydrogen-bond donors (Lipinski definition) is 2. The molecule has 0 radical (unpaired) electrons. The van der Waals surface area contributed by atoms with Gasteiger partial charge in [-0.15, -0.1) is 0 Å². The molecule has 2 rings (SSSR count). The minimum Gasteiger partial charge on any atom is -0.399 e. The average molecular weight is 315 g/mol. The molecule has 0 spiro atoms. The first-order valence-electron chi connectivity index (χ1n) is 5.63. The minimum atomic E-state index is -3.93. The van der Waals surface area contributed by atoms with Gasteiger partial charge in [0.15, 0.2) is 0 Å². The van der Waals surface area contributed by atoms with Crippen LogP contribution >= 0.6 is 11.6 Å². The van der Waals surface area contributed by atoms with Gasteiger partial charge in [-0.25, -0.2) is 12.8 Å². The van der Waals surface area contributed by atoms with E-state index in [1.807, 2.05) is 0 Å². The van der Waals surface area contributed by atoms with Gasteiger partial charge in [-0.3, -0.25) is 4.72 Å². The topological polar surface area (TPSA) is 72.2 Å². The normalized spacial score (nSPS) is 11.3. The van der Waals surface area contributed by atoms with Crippen LogP contribution in [0.4, 0.5) is 15.8 Å². The molecule has 0 aliphatic rings. The summed E-state index contributed by atoms with van der Waals surface area (Å²) in [5, 5.41) is 0.395. The number of halogens is 2. The van der Waals surface area contributed by atoms with Crippen LogP contribution in [0.1, 0.15) is 5.56 Å². The zero-order valence-corrected chi connectivity index (χ0v) is 12.1. The van der Waals surface area contributed by atoms with Gasteiger partial charge in [-0.2, -0.15) is 0 Å². The van der Waals surface area contributed by atoms with Crippen LogP contribution in [0.3, 0.4) is 0 Å². The second-order valence-electron chi connectivity index (χ2n) is 4.29. The van der Waals surface area contributed by atoms with E-state index in [0.29, 0.717) is 16.3 Å². The fourth-order valence-electron chi connectivity index (χ4n) is 1.65. The molecule has 0 saturated heterocycles. The van der Waals surface area contributed by atoms with Gasteiger partial charge in [0.2, 0.25) is 0 Å². The highest BCUT2D eigenvalue weighted by Crippen LogP contribution is 2.24. The summed E-state index contributed by atoms with van der Waals surface area (Å²) in [5.41, 5.74) is 6.52. The maximum Gasteiger partial charge on any atom is 0.262 e. The Bertz CT molecular complexity index is 743. The second kappa shape index (κ2) is 5.30. The number of aryl methyl sites for hydroxylation is 1. The van der Waals surface area contributed by atoms with Gasteiger partial charge in [0, 0.05) is 10.7 Å². The lowest BCUT2D eigenvalue weighted by Crippen LogP contribution is -2.14. The third kappa shape index (κ3) is 3.20. The van der Waals surface area contributed by atoms with Gasteiger partial charge >= 0.3 is 0 Å². The first-order chi connectivity index (χ1) is 9.28. The molecule has 0 fully saturated rings. The van der Waals surface area contributed by atoms with E-state index in [1.165, 1.54) is 12.1 Å². The highest BCUT2D eigenvalue weighted by Gasteiger charge is 2.17. The number of sulfonamides is 1. The largest absolute Gasteiger partial charge is 0.399 e. The summed E-state index contributed by atoms with van der Waals surface area (Å²) in [7, 11) is -3.93. The summed E-state index contributed by atoms with van der Waals surface area (Å²) in [5.74, 6) is -0.715. The Morgan fingerprint density at radius 3 is 2.55 bits per heavy atom. The van der Waals surface area contributed by atoms with E-state index in [0.717, 1.165) is 12.1 Å². The average Bonchev–Trinajstić information content (AvgIpc) is 2.32. The van der Waals surface area contributed by atoms with Gasteiger partial charge in [0.05, 0.1) is 10.6 Å². The molecule has 0 bridgehead atoms. The molecule has 0 heterocycles. The molecule has 0 aliphatic heterocycles. The fraction of sp³-hybridized carbons (Fsp3) is 0.0769. The summed E-state index contributed by atoms with van der Waals surface area (Å²) < 4.78 is 40.0. The van der Waals surface area contributed by atoms with Crippen molar-refractivity contribution in [3.8, 4) is 0 Å². The maximum absolute atomic E-state index is 13.2. The molecule has 20 heavy (non-hydrogen) atoms. The van der Waals surface area contributed by atoms with Crippen LogP contribution in [0, 0.1) is 12.7 Å². The first-order valence-corrected chi connectivity index (χ1v) is 7.49. The zero-order chi connectivity index (χ0) is 14.9. The van der Waals surface area contributed by atoms with Crippen LogP contribution in [0.15, 0.2) is 41.3 Å². The van der Waals surface area contributed by atoms with Gasteiger partial charge in [0.1, 0.15) is 5.82 Å². The van der Waals surface area contributed by atoms with Crippen molar-refractivity contribution in [2.24, 2.45) is 0 Å². The van der Waals surface area contributed by atoms with E-state index < -0.39 is 15.8 Å². The zero-order valence-electron chi connectivity index (χ0n) is 10.5. The fourth-order valence-corrected chi connectivity index (χ4v) is 3.01. The Labute approximate surface area is 121 Å². The molecule has 106 valence electrons. The van der Waals surface area contributed by atoms with Crippen LogP contribution < -0.4 is 10.5 Å². The van der Waals surface area contributed by atoms with Crippen LogP contribution in [-0.2, 0) is 10.0 Å². The van der Waals surface area contributed by atoms with Crippen LogP contribution in [0.25, 0.3) is 0 Å². The van der Waals surface area contributed by atoms with Crippen molar-refractivity contribution in [3.05, 3.63) is 52.8 Å². The van der Waals surface area contributed by atoms with Gasteiger partial charge in [-0.05, 0) is 42.8 Å². The second-order valence-corrected chi connectivity index (χ2v) is 6.40. The molecule has 3 N–H and O–H groups in total. The minimum absolute atomic E-state index is 0.0354. The maximum atomic E-state index is 13.2. The smallest absolute Gasteiger partial charge is 0.262 e. The lowest BCUT2D eigenvalue weighted by atomic mass is 10.2.